The molecule has 1 aliphatic heterocycles. The second kappa shape index (κ2) is 11.9. The lowest BCUT2D eigenvalue weighted by molar-refractivity contribution is -0.153. The van der Waals surface area contributed by atoms with Gasteiger partial charge in [0.25, 0.3) is 0 Å². The van der Waals surface area contributed by atoms with E-state index in [4.69, 9.17) is 16.3 Å². The van der Waals surface area contributed by atoms with Gasteiger partial charge in [-0.05, 0) is 94.1 Å². The summed E-state index contributed by atoms with van der Waals surface area (Å²) < 4.78 is 60.9. The number of aryl methyl sites for hydroxylation is 1. The topological polar surface area (TPSA) is 62.7 Å². The Morgan fingerprint density at radius 3 is 2.50 bits per heavy atom. The first-order valence-corrected chi connectivity index (χ1v) is 12.9. The summed E-state index contributed by atoms with van der Waals surface area (Å²) in [5.74, 6) is -4.32. The first-order valence-electron chi connectivity index (χ1n) is 12.5. The van der Waals surface area contributed by atoms with Crippen LogP contribution in [0.1, 0.15) is 49.4 Å². The molecule has 2 aromatic carbocycles. The molecule has 1 aliphatic rings. The van der Waals surface area contributed by atoms with Crippen molar-refractivity contribution in [2.24, 2.45) is 5.41 Å². The Morgan fingerprint density at radius 1 is 1.18 bits per heavy atom. The number of aromatic nitrogens is 1. The molecule has 1 saturated heterocycles. The number of carbonyl (C=O) groups is 1. The quantitative estimate of drug-likeness (QED) is 0.219. The smallest absolute Gasteiger partial charge is 0.309 e. The molecule has 1 N–H and O–H groups in total. The average molecular weight is 553 g/mol. The van der Waals surface area contributed by atoms with Gasteiger partial charge in [0.15, 0.2) is 17.5 Å². The normalized spacial score (nSPS) is 16.5. The zero-order chi connectivity index (χ0) is 27.4. The van der Waals surface area contributed by atoms with Crippen LogP contribution in [0.15, 0.2) is 36.5 Å². The van der Waals surface area contributed by atoms with Crippen molar-refractivity contribution < 1.29 is 32.2 Å². The summed E-state index contributed by atoms with van der Waals surface area (Å²) in [5, 5.41) is 10.8. The second-order valence-electron chi connectivity index (χ2n) is 9.81. The molecule has 3 aromatic rings. The molecule has 0 spiro atoms. The summed E-state index contributed by atoms with van der Waals surface area (Å²) in [4.78, 5) is 18.6. The number of likely N-dealkylation sites (tertiary alicyclic amines) is 1. The Morgan fingerprint density at radius 2 is 1.87 bits per heavy atom. The third kappa shape index (κ3) is 6.04. The molecule has 0 radical (unpaired) electrons. The minimum Gasteiger partial charge on any atom is -0.497 e. The van der Waals surface area contributed by atoms with E-state index in [2.05, 4.69) is 9.88 Å². The van der Waals surface area contributed by atoms with Crippen LogP contribution in [0.4, 0.5) is 17.6 Å². The Hall–Kier alpha value is -2.91. The van der Waals surface area contributed by atoms with Crippen molar-refractivity contribution in [3.05, 3.63) is 70.1 Å². The molecule has 10 heteroatoms. The molecule has 2 heterocycles. The van der Waals surface area contributed by atoms with E-state index >= 15 is 4.39 Å². The number of pyridine rings is 1. The van der Waals surface area contributed by atoms with Crippen LogP contribution in [0.3, 0.4) is 0 Å². The number of carboxylic acid groups (broad SMARTS) is 1. The summed E-state index contributed by atoms with van der Waals surface area (Å²) in [6.45, 7) is 1.61. The predicted molar refractivity (Wildman–Crippen MR) is 137 cm³/mol. The van der Waals surface area contributed by atoms with Gasteiger partial charge in [-0.2, -0.15) is 0 Å². The summed E-state index contributed by atoms with van der Waals surface area (Å²) in [7, 11) is 1.51. The number of piperidine rings is 1. The van der Waals surface area contributed by atoms with Crippen LogP contribution in [-0.2, 0) is 11.2 Å². The van der Waals surface area contributed by atoms with Crippen LogP contribution in [0, 0.1) is 22.9 Å². The minimum atomic E-state index is -1.48. The molecule has 38 heavy (non-hydrogen) atoms. The highest BCUT2D eigenvalue weighted by molar-refractivity contribution is 6.32. The average Bonchev–Trinajstić information content (AvgIpc) is 2.90. The number of benzene rings is 2. The second-order valence-corrected chi connectivity index (χ2v) is 10.2. The summed E-state index contributed by atoms with van der Waals surface area (Å²) >= 11 is 6.32. The number of carboxylic acids is 1. The highest BCUT2D eigenvalue weighted by Gasteiger charge is 2.41. The number of rotatable bonds is 10. The third-order valence-electron chi connectivity index (χ3n) is 7.51. The van der Waals surface area contributed by atoms with Crippen molar-refractivity contribution >= 4 is 28.5 Å². The molecule has 204 valence electrons. The zero-order valence-corrected chi connectivity index (χ0v) is 21.7. The number of aliphatic carboxylic acids is 1. The van der Waals surface area contributed by atoms with Crippen LogP contribution in [0.25, 0.3) is 10.9 Å². The summed E-state index contributed by atoms with van der Waals surface area (Å²) in [6, 6.07) is 7.11. The number of hydrogen-bond donors (Lipinski definition) is 1. The molecule has 5 nitrogen and oxygen atoms in total. The molecule has 0 aliphatic carbocycles. The van der Waals surface area contributed by atoms with Gasteiger partial charge < -0.3 is 14.7 Å². The molecule has 0 bridgehead atoms. The maximum Gasteiger partial charge on any atom is 0.309 e. The van der Waals surface area contributed by atoms with Gasteiger partial charge in [-0.1, -0.05) is 11.6 Å². The van der Waals surface area contributed by atoms with E-state index in [-0.39, 0.29) is 23.4 Å². The van der Waals surface area contributed by atoms with E-state index < -0.39 is 35.0 Å². The number of hydrogen-bond acceptors (Lipinski definition) is 4. The monoisotopic (exact) mass is 552 g/mol. The van der Waals surface area contributed by atoms with Gasteiger partial charge in [-0.15, -0.1) is 0 Å². The van der Waals surface area contributed by atoms with Crippen molar-refractivity contribution in [2.75, 3.05) is 26.7 Å². The molecule has 0 amide bonds. The first kappa shape index (κ1) is 28.1. The van der Waals surface area contributed by atoms with Gasteiger partial charge in [0, 0.05) is 17.1 Å². The van der Waals surface area contributed by atoms with Crippen LogP contribution in [0.5, 0.6) is 5.75 Å². The van der Waals surface area contributed by atoms with E-state index in [1.165, 1.54) is 13.3 Å². The van der Waals surface area contributed by atoms with Crippen LogP contribution < -0.4 is 4.74 Å². The summed E-state index contributed by atoms with van der Waals surface area (Å²) in [6.07, 6.45) is 1.71. The van der Waals surface area contributed by atoms with Gasteiger partial charge in [-0.3, -0.25) is 9.78 Å². The number of halogens is 5. The lowest BCUT2D eigenvalue weighted by atomic mass is 9.74. The number of ether oxygens (including phenoxy) is 1. The number of nitrogens with zero attached hydrogens (tertiary/aromatic N) is 2. The number of alkyl halides is 1. The Bertz CT molecular complexity index is 1290. The number of methoxy groups -OCH3 is 1. The summed E-state index contributed by atoms with van der Waals surface area (Å²) in [5.41, 5.74) is 0.159. The first-order chi connectivity index (χ1) is 18.1. The van der Waals surface area contributed by atoms with E-state index in [1.54, 1.807) is 18.2 Å². The van der Waals surface area contributed by atoms with Gasteiger partial charge in [-0.25, -0.2) is 17.6 Å². The van der Waals surface area contributed by atoms with E-state index in [0.717, 1.165) is 12.1 Å². The van der Waals surface area contributed by atoms with E-state index in [0.29, 0.717) is 67.5 Å². The van der Waals surface area contributed by atoms with Gasteiger partial charge in [0.05, 0.1) is 23.1 Å². The van der Waals surface area contributed by atoms with Crippen LogP contribution >= 0.6 is 11.6 Å². The van der Waals surface area contributed by atoms with Crippen molar-refractivity contribution in [3.8, 4) is 5.75 Å². The molecule has 1 fully saturated rings. The molecule has 1 aromatic heterocycles. The molecule has 4 rings (SSSR count). The Kier molecular flexibility index (Phi) is 8.78. The molecular weight excluding hydrogens is 524 g/mol. The lowest BCUT2D eigenvalue weighted by Gasteiger charge is -2.39. The molecule has 0 saturated carbocycles. The van der Waals surface area contributed by atoms with Crippen molar-refractivity contribution in [3.63, 3.8) is 0 Å². The predicted octanol–water partition coefficient (Wildman–Crippen LogP) is 6.90. The fraction of sp³-hybridized carbons (Fsp3) is 0.429. The van der Waals surface area contributed by atoms with Crippen LogP contribution in [0.2, 0.25) is 5.02 Å². The number of fused-ring (bicyclic) bond motifs is 1. The van der Waals surface area contributed by atoms with Crippen molar-refractivity contribution in [1.29, 1.82) is 0 Å². The minimum absolute atomic E-state index is 0.00988. The molecule has 1 unspecified atom stereocenters. The Labute approximate surface area is 223 Å². The van der Waals surface area contributed by atoms with E-state index in [1.807, 2.05) is 0 Å². The van der Waals surface area contributed by atoms with Gasteiger partial charge in [0.1, 0.15) is 11.9 Å². The van der Waals surface area contributed by atoms with Gasteiger partial charge in [0.2, 0.25) is 0 Å². The van der Waals surface area contributed by atoms with Crippen LogP contribution in [-0.4, -0.2) is 47.7 Å². The standard InChI is InChI=1S/C28H29ClF4N2O3/c1-38-18-4-5-24-19(15-18)25(20(29)16-34-24)21(30)6-7-28(27(36)37)8-11-35(12-9-28)10-2-3-17-13-22(31)26(33)23(32)14-17/h4-5,13-16,21H,2-3,6-12H2,1H3,(H,36,37). The largest absolute Gasteiger partial charge is 0.497 e. The SMILES string of the molecule is COc1ccc2ncc(Cl)c(C(F)CCC3(C(=O)O)CCN(CCCc4cc(F)c(F)c(F)c4)CC3)c2c1. The zero-order valence-electron chi connectivity index (χ0n) is 21.0. The lowest BCUT2D eigenvalue weighted by Crippen LogP contribution is -2.44. The maximum absolute atomic E-state index is 15.6. The Balaban J connectivity index is 1.36. The maximum atomic E-state index is 15.6. The molecular formula is C28H29ClF4N2O3. The fourth-order valence-electron chi connectivity index (χ4n) is 5.20. The highest BCUT2D eigenvalue weighted by Crippen LogP contribution is 2.42. The third-order valence-corrected chi connectivity index (χ3v) is 7.81. The van der Waals surface area contributed by atoms with Crippen molar-refractivity contribution in [1.82, 2.24) is 9.88 Å². The molecule has 1 atom stereocenters. The van der Waals surface area contributed by atoms with E-state index in [9.17, 15) is 23.1 Å². The van der Waals surface area contributed by atoms with Crippen molar-refractivity contribution in [2.45, 2.75) is 44.7 Å². The van der Waals surface area contributed by atoms with Gasteiger partial charge >= 0.3 is 5.97 Å². The fourth-order valence-corrected chi connectivity index (χ4v) is 5.46. The highest BCUT2D eigenvalue weighted by atomic mass is 35.5.